The molecule has 0 radical (unpaired) electrons. The van der Waals surface area contributed by atoms with E-state index in [0.29, 0.717) is 30.4 Å². The highest BCUT2D eigenvalue weighted by molar-refractivity contribution is 6.01. The third kappa shape index (κ3) is 3.29. The molecule has 0 saturated heterocycles. The molecular formula is C22H22N4O2. The molecule has 0 fully saturated rings. The predicted molar refractivity (Wildman–Crippen MR) is 108 cm³/mol. The number of carbonyl (C=O) groups excluding carboxylic acids is 1. The van der Waals surface area contributed by atoms with E-state index in [4.69, 9.17) is 4.52 Å². The maximum Gasteiger partial charge on any atom is 0.268 e. The van der Waals surface area contributed by atoms with Gasteiger partial charge >= 0.3 is 0 Å². The van der Waals surface area contributed by atoms with E-state index in [2.05, 4.69) is 40.6 Å². The number of aromatic nitrogens is 3. The van der Waals surface area contributed by atoms with Crippen molar-refractivity contribution in [2.75, 3.05) is 6.54 Å². The maximum atomic E-state index is 12.8. The van der Waals surface area contributed by atoms with Crippen molar-refractivity contribution in [2.45, 2.75) is 20.3 Å². The summed E-state index contributed by atoms with van der Waals surface area (Å²) in [5.74, 6) is 0.960. The summed E-state index contributed by atoms with van der Waals surface area (Å²) >= 11 is 0. The zero-order valence-corrected chi connectivity index (χ0v) is 16.2. The highest BCUT2D eigenvalue weighted by atomic mass is 16.5. The van der Waals surface area contributed by atoms with E-state index in [1.807, 2.05) is 48.9 Å². The molecule has 6 nitrogen and oxygen atoms in total. The molecule has 4 aromatic rings. The van der Waals surface area contributed by atoms with Gasteiger partial charge in [-0.1, -0.05) is 47.1 Å². The van der Waals surface area contributed by atoms with Gasteiger partial charge in [-0.3, -0.25) is 4.79 Å². The summed E-state index contributed by atoms with van der Waals surface area (Å²) in [6, 6.07) is 15.9. The van der Waals surface area contributed by atoms with Gasteiger partial charge in [0.1, 0.15) is 5.69 Å². The van der Waals surface area contributed by atoms with E-state index in [1.54, 1.807) is 0 Å². The van der Waals surface area contributed by atoms with Crippen LogP contribution in [0.15, 0.2) is 53.1 Å². The molecule has 28 heavy (non-hydrogen) atoms. The van der Waals surface area contributed by atoms with E-state index in [9.17, 15) is 4.79 Å². The van der Waals surface area contributed by atoms with Crippen molar-refractivity contribution in [3.8, 4) is 11.4 Å². The lowest BCUT2D eigenvalue weighted by Gasteiger charge is -2.06. The molecule has 4 rings (SSSR count). The SMILES string of the molecule is Cc1ccc2c(c1)c(C)c(C(=O)NCCc1nc(-c3ccccc3)no1)n2C. The highest BCUT2D eigenvalue weighted by Crippen LogP contribution is 2.25. The van der Waals surface area contributed by atoms with Crippen LogP contribution in [-0.4, -0.2) is 27.2 Å². The minimum Gasteiger partial charge on any atom is -0.350 e. The van der Waals surface area contributed by atoms with Crippen LogP contribution in [0.1, 0.15) is 27.5 Å². The number of hydrogen-bond acceptors (Lipinski definition) is 4. The van der Waals surface area contributed by atoms with E-state index < -0.39 is 0 Å². The third-order valence-electron chi connectivity index (χ3n) is 4.95. The van der Waals surface area contributed by atoms with Crippen molar-refractivity contribution in [3.63, 3.8) is 0 Å². The maximum absolute atomic E-state index is 12.8. The molecule has 1 N–H and O–H groups in total. The fourth-order valence-electron chi connectivity index (χ4n) is 3.49. The monoisotopic (exact) mass is 374 g/mol. The number of nitrogens with zero attached hydrogens (tertiary/aromatic N) is 3. The molecule has 2 aromatic heterocycles. The van der Waals surface area contributed by atoms with Gasteiger partial charge in [0.25, 0.3) is 5.91 Å². The average molecular weight is 374 g/mol. The van der Waals surface area contributed by atoms with Gasteiger partial charge in [-0.05, 0) is 31.5 Å². The molecule has 0 unspecified atom stereocenters. The second kappa shape index (κ2) is 7.31. The summed E-state index contributed by atoms with van der Waals surface area (Å²) < 4.78 is 7.24. The highest BCUT2D eigenvalue weighted by Gasteiger charge is 2.18. The summed E-state index contributed by atoms with van der Waals surface area (Å²) in [6.07, 6.45) is 0.480. The van der Waals surface area contributed by atoms with Gasteiger partial charge in [0.2, 0.25) is 11.7 Å². The van der Waals surface area contributed by atoms with Crippen LogP contribution >= 0.6 is 0 Å². The molecule has 6 heteroatoms. The smallest absolute Gasteiger partial charge is 0.268 e. The fraction of sp³-hybridized carbons (Fsp3) is 0.227. The largest absolute Gasteiger partial charge is 0.350 e. The van der Waals surface area contributed by atoms with Crippen molar-refractivity contribution in [1.82, 2.24) is 20.0 Å². The number of hydrogen-bond donors (Lipinski definition) is 1. The Kier molecular flexibility index (Phi) is 4.69. The molecule has 2 aromatic carbocycles. The first-order valence-electron chi connectivity index (χ1n) is 9.26. The lowest BCUT2D eigenvalue weighted by Crippen LogP contribution is -2.28. The number of amides is 1. The molecule has 0 aliphatic rings. The van der Waals surface area contributed by atoms with Gasteiger partial charge in [-0.2, -0.15) is 4.98 Å². The molecule has 1 amide bonds. The quantitative estimate of drug-likeness (QED) is 0.576. The van der Waals surface area contributed by atoms with Crippen LogP contribution in [0.4, 0.5) is 0 Å². The molecule has 2 heterocycles. The Morgan fingerprint density at radius 1 is 1.14 bits per heavy atom. The average Bonchev–Trinajstić information content (AvgIpc) is 3.26. The van der Waals surface area contributed by atoms with Gasteiger partial charge in [-0.25, -0.2) is 0 Å². The number of benzene rings is 2. The zero-order chi connectivity index (χ0) is 19.7. The van der Waals surface area contributed by atoms with Crippen LogP contribution in [0, 0.1) is 13.8 Å². The summed E-state index contributed by atoms with van der Waals surface area (Å²) in [6.45, 7) is 4.47. The van der Waals surface area contributed by atoms with Crippen LogP contribution in [0.5, 0.6) is 0 Å². The van der Waals surface area contributed by atoms with Gasteiger partial charge in [0.15, 0.2) is 0 Å². The Morgan fingerprint density at radius 3 is 2.71 bits per heavy atom. The van der Waals surface area contributed by atoms with Crippen LogP contribution < -0.4 is 5.32 Å². The third-order valence-corrected chi connectivity index (χ3v) is 4.95. The van der Waals surface area contributed by atoms with Crippen LogP contribution in [0.25, 0.3) is 22.3 Å². The van der Waals surface area contributed by atoms with Crippen molar-refractivity contribution in [1.29, 1.82) is 0 Å². The number of aryl methyl sites for hydroxylation is 3. The van der Waals surface area contributed by atoms with E-state index in [0.717, 1.165) is 22.0 Å². The zero-order valence-electron chi connectivity index (χ0n) is 16.2. The summed E-state index contributed by atoms with van der Waals surface area (Å²) in [7, 11) is 1.92. The number of rotatable bonds is 5. The van der Waals surface area contributed by atoms with E-state index >= 15 is 0 Å². The van der Waals surface area contributed by atoms with Crippen LogP contribution in [-0.2, 0) is 13.5 Å². The second-order valence-corrected chi connectivity index (χ2v) is 6.94. The molecule has 0 saturated carbocycles. The Bertz CT molecular complexity index is 1140. The van der Waals surface area contributed by atoms with Crippen molar-refractivity contribution in [3.05, 3.63) is 71.2 Å². The Labute approximate surface area is 163 Å². The first kappa shape index (κ1) is 18.0. The Morgan fingerprint density at radius 2 is 1.93 bits per heavy atom. The van der Waals surface area contributed by atoms with Crippen LogP contribution in [0.2, 0.25) is 0 Å². The van der Waals surface area contributed by atoms with Gasteiger partial charge in [-0.15, -0.1) is 0 Å². The number of fused-ring (bicyclic) bond motifs is 1. The second-order valence-electron chi connectivity index (χ2n) is 6.94. The Hall–Kier alpha value is -3.41. The molecule has 142 valence electrons. The lowest BCUT2D eigenvalue weighted by atomic mass is 10.1. The van der Waals surface area contributed by atoms with E-state index in [1.165, 1.54) is 5.56 Å². The van der Waals surface area contributed by atoms with Gasteiger partial charge < -0.3 is 14.4 Å². The molecule has 0 aliphatic carbocycles. The van der Waals surface area contributed by atoms with Crippen molar-refractivity contribution in [2.24, 2.45) is 7.05 Å². The summed E-state index contributed by atoms with van der Waals surface area (Å²) in [4.78, 5) is 17.2. The van der Waals surface area contributed by atoms with E-state index in [-0.39, 0.29) is 5.91 Å². The standard InChI is InChI=1S/C22H22N4O2/c1-14-9-10-18-17(13-14)15(2)20(26(18)3)22(27)23-12-11-19-24-21(25-28-19)16-7-5-4-6-8-16/h4-10,13H,11-12H2,1-3H3,(H,23,27). The first-order valence-corrected chi connectivity index (χ1v) is 9.26. The van der Waals surface area contributed by atoms with Crippen molar-refractivity contribution >= 4 is 16.8 Å². The number of carbonyl (C=O) groups is 1. The predicted octanol–water partition coefficient (Wildman–Crippen LogP) is 3.82. The Balaban J connectivity index is 1.44. The molecular weight excluding hydrogens is 352 g/mol. The fourth-order valence-corrected chi connectivity index (χ4v) is 3.49. The molecule has 0 spiro atoms. The summed E-state index contributed by atoms with van der Waals surface area (Å²) in [5, 5.41) is 8.08. The van der Waals surface area contributed by atoms with Crippen LogP contribution in [0.3, 0.4) is 0 Å². The summed E-state index contributed by atoms with van der Waals surface area (Å²) in [5.41, 5.74) is 4.80. The van der Waals surface area contributed by atoms with Crippen molar-refractivity contribution < 1.29 is 9.32 Å². The molecule has 0 bridgehead atoms. The normalized spacial score (nSPS) is 11.1. The minimum atomic E-state index is -0.100. The minimum absolute atomic E-state index is 0.100. The lowest BCUT2D eigenvalue weighted by molar-refractivity contribution is 0.0945. The van der Waals surface area contributed by atoms with Gasteiger partial charge in [0, 0.05) is 36.5 Å². The topological polar surface area (TPSA) is 73.0 Å². The van der Waals surface area contributed by atoms with Gasteiger partial charge in [0.05, 0.1) is 0 Å². The number of nitrogens with one attached hydrogen (secondary N) is 1. The first-order chi connectivity index (χ1) is 13.5. The molecule has 0 aliphatic heterocycles. The molecule has 0 atom stereocenters.